The molecule has 0 bridgehead atoms. The van der Waals surface area contributed by atoms with Crippen LogP contribution in [0.1, 0.15) is 32.6 Å². The van der Waals surface area contributed by atoms with E-state index in [1.54, 1.807) is 41.0 Å². The van der Waals surface area contributed by atoms with Gasteiger partial charge in [-0.2, -0.15) is 0 Å². The summed E-state index contributed by atoms with van der Waals surface area (Å²) < 4.78 is 0. The van der Waals surface area contributed by atoms with Gasteiger partial charge in [0, 0.05) is 49.9 Å². The predicted molar refractivity (Wildman–Crippen MR) is 114 cm³/mol. The molecule has 3 rings (SSSR count). The molecule has 164 valence electrons. The van der Waals surface area contributed by atoms with E-state index in [0.717, 1.165) is 12.8 Å². The molecule has 9 heteroatoms. The molecule has 2 aliphatic rings. The quantitative estimate of drug-likeness (QED) is 0.739. The van der Waals surface area contributed by atoms with Gasteiger partial charge >= 0.3 is 6.03 Å². The van der Waals surface area contributed by atoms with Crippen molar-refractivity contribution < 1.29 is 19.5 Å². The van der Waals surface area contributed by atoms with Gasteiger partial charge in [0.15, 0.2) is 0 Å². The van der Waals surface area contributed by atoms with Crippen molar-refractivity contribution >= 4 is 35.1 Å². The molecule has 1 aromatic carbocycles. The average Bonchev–Trinajstić information content (AvgIpc) is 2.71. The number of anilines is 1. The Bertz CT molecular complexity index is 790. The molecule has 0 aromatic heterocycles. The van der Waals surface area contributed by atoms with E-state index in [1.165, 1.54) is 4.90 Å². The minimum atomic E-state index is -0.578. The van der Waals surface area contributed by atoms with Crippen molar-refractivity contribution in [3.63, 3.8) is 0 Å². The number of aliphatic hydroxyl groups excluding tert-OH is 1. The van der Waals surface area contributed by atoms with Gasteiger partial charge in [0.1, 0.15) is 6.04 Å². The molecule has 0 radical (unpaired) electrons. The zero-order valence-corrected chi connectivity index (χ0v) is 18.0. The Morgan fingerprint density at radius 1 is 1.27 bits per heavy atom. The van der Waals surface area contributed by atoms with Crippen molar-refractivity contribution in [2.45, 2.75) is 44.8 Å². The van der Waals surface area contributed by atoms with Crippen LogP contribution in [0.5, 0.6) is 0 Å². The Kier molecular flexibility index (Phi) is 7.55. The van der Waals surface area contributed by atoms with Crippen LogP contribution in [-0.4, -0.2) is 82.5 Å². The van der Waals surface area contributed by atoms with Crippen LogP contribution in [0.25, 0.3) is 0 Å². The third-order valence-electron chi connectivity index (χ3n) is 5.65. The van der Waals surface area contributed by atoms with E-state index in [4.69, 9.17) is 11.6 Å². The monoisotopic (exact) mass is 436 g/mol. The summed E-state index contributed by atoms with van der Waals surface area (Å²) in [5.74, 6) is -0.0999. The number of hydrogen-bond acceptors (Lipinski definition) is 4. The van der Waals surface area contributed by atoms with Gasteiger partial charge < -0.3 is 25.1 Å². The molecule has 2 saturated heterocycles. The first-order valence-corrected chi connectivity index (χ1v) is 10.8. The fourth-order valence-electron chi connectivity index (χ4n) is 3.95. The molecule has 2 heterocycles. The lowest BCUT2D eigenvalue weighted by Crippen LogP contribution is -2.58. The lowest BCUT2D eigenvalue weighted by Gasteiger charge is -2.39. The van der Waals surface area contributed by atoms with Gasteiger partial charge in [-0.1, -0.05) is 17.7 Å². The summed E-state index contributed by atoms with van der Waals surface area (Å²) in [5, 5.41) is 13.0. The summed E-state index contributed by atoms with van der Waals surface area (Å²) >= 11 is 5.95. The third-order valence-corrected chi connectivity index (χ3v) is 5.89. The fraction of sp³-hybridized carbons (Fsp3) is 0.571. The molecule has 1 unspecified atom stereocenters. The summed E-state index contributed by atoms with van der Waals surface area (Å²) in [6.07, 6.45) is 2.05. The molecule has 0 aliphatic carbocycles. The van der Waals surface area contributed by atoms with Crippen molar-refractivity contribution in [2.75, 3.05) is 38.0 Å². The van der Waals surface area contributed by atoms with E-state index in [9.17, 15) is 19.5 Å². The van der Waals surface area contributed by atoms with Crippen LogP contribution in [-0.2, 0) is 9.59 Å². The van der Waals surface area contributed by atoms with E-state index >= 15 is 0 Å². The second-order valence-corrected chi connectivity index (χ2v) is 8.31. The maximum atomic E-state index is 12.7. The number of piperazine rings is 1. The number of halogens is 1. The molecule has 2 aliphatic heterocycles. The maximum Gasteiger partial charge on any atom is 0.322 e. The second kappa shape index (κ2) is 10.1. The number of β-amino-alcohol motifs (C(OH)–C–C–N with tert-alkyl or cyclic N) is 1. The van der Waals surface area contributed by atoms with Gasteiger partial charge in [0.05, 0.1) is 6.10 Å². The van der Waals surface area contributed by atoms with Gasteiger partial charge in [0.25, 0.3) is 0 Å². The number of nitrogens with zero attached hydrogens (tertiary/aromatic N) is 3. The second-order valence-electron chi connectivity index (χ2n) is 7.87. The lowest BCUT2D eigenvalue weighted by molar-refractivity contribution is -0.140. The first-order chi connectivity index (χ1) is 14.3. The van der Waals surface area contributed by atoms with E-state index in [1.807, 2.05) is 0 Å². The summed E-state index contributed by atoms with van der Waals surface area (Å²) in [5.41, 5.74) is 0.580. The lowest BCUT2D eigenvalue weighted by atomic mass is 10.1. The summed E-state index contributed by atoms with van der Waals surface area (Å²) in [6, 6.07) is 5.95. The van der Waals surface area contributed by atoms with E-state index in [0.29, 0.717) is 56.3 Å². The smallest absolute Gasteiger partial charge is 0.322 e. The number of hydrogen-bond donors (Lipinski definition) is 2. The first-order valence-electron chi connectivity index (χ1n) is 10.4. The number of likely N-dealkylation sites (tertiary alicyclic amines) is 1. The topological polar surface area (TPSA) is 93.2 Å². The van der Waals surface area contributed by atoms with E-state index < -0.39 is 12.1 Å². The van der Waals surface area contributed by atoms with Crippen molar-refractivity contribution in [3.8, 4) is 0 Å². The third kappa shape index (κ3) is 5.64. The zero-order chi connectivity index (χ0) is 21.7. The summed E-state index contributed by atoms with van der Waals surface area (Å²) in [7, 11) is 0. The number of piperidine rings is 1. The van der Waals surface area contributed by atoms with Crippen molar-refractivity contribution in [1.29, 1.82) is 0 Å². The van der Waals surface area contributed by atoms with Crippen LogP contribution in [0.4, 0.5) is 10.5 Å². The number of carbonyl (C=O) groups is 3. The van der Waals surface area contributed by atoms with Crippen LogP contribution in [0.3, 0.4) is 0 Å². The molecule has 2 atom stereocenters. The Morgan fingerprint density at radius 3 is 2.80 bits per heavy atom. The Hall–Kier alpha value is -2.32. The number of nitrogens with one attached hydrogen (secondary N) is 1. The van der Waals surface area contributed by atoms with E-state index in [-0.39, 0.29) is 17.8 Å². The highest BCUT2D eigenvalue weighted by molar-refractivity contribution is 6.30. The summed E-state index contributed by atoms with van der Waals surface area (Å²) in [6.45, 7) is 4.14. The largest absolute Gasteiger partial charge is 0.391 e. The minimum absolute atomic E-state index is 0.0220. The molecule has 1 aromatic rings. The first kappa shape index (κ1) is 22.4. The molecule has 2 N–H and O–H groups in total. The van der Waals surface area contributed by atoms with Crippen LogP contribution < -0.4 is 5.32 Å². The molecular formula is C21H29ClN4O4. The molecular weight excluding hydrogens is 408 g/mol. The van der Waals surface area contributed by atoms with Crippen molar-refractivity contribution in [3.05, 3.63) is 29.3 Å². The minimum Gasteiger partial charge on any atom is -0.391 e. The van der Waals surface area contributed by atoms with E-state index in [2.05, 4.69) is 5.32 Å². The van der Waals surface area contributed by atoms with Crippen LogP contribution in [0, 0.1) is 0 Å². The number of amides is 4. The van der Waals surface area contributed by atoms with Gasteiger partial charge in [-0.05, 0) is 44.4 Å². The highest BCUT2D eigenvalue weighted by atomic mass is 35.5. The van der Waals surface area contributed by atoms with Gasteiger partial charge in [-0.15, -0.1) is 0 Å². The SMILES string of the molecule is CC1C(=O)N(CCCC(=O)N2CCC[C@H](O)C2)CCN1C(=O)Nc1cccc(Cl)c1. The highest BCUT2D eigenvalue weighted by Crippen LogP contribution is 2.18. The standard InChI is InChI=1S/C21H29ClN4O4/c1-15-20(29)24(9-4-8-19(28)25-10-3-7-18(27)14-25)11-12-26(15)21(30)23-17-6-2-5-16(22)13-17/h2,5-6,13,15,18,27H,3-4,7-12,14H2,1H3,(H,23,30)/t15?,18-/m0/s1. The van der Waals surface area contributed by atoms with Crippen molar-refractivity contribution in [1.82, 2.24) is 14.7 Å². The fourth-order valence-corrected chi connectivity index (χ4v) is 4.14. The van der Waals surface area contributed by atoms with Crippen molar-refractivity contribution in [2.24, 2.45) is 0 Å². The Morgan fingerprint density at radius 2 is 2.07 bits per heavy atom. The van der Waals surface area contributed by atoms with Gasteiger partial charge in [0.2, 0.25) is 11.8 Å². The van der Waals surface area contributed by atoms with Gasteiger partial charge in [-0.25, -0.2) is 4.79 Å². The predicted octanol–water partition coefficient (Wildman–Crippen LogP) is 2.17. The van der Waals surface area contributed by atoms with Crippen LogP contribution >= 0.6 is 11.6 Å². The summed E-state index contributed by atoms with van der Waals surface area (Å²) in [4.78, 5) is 42.5. The molecule has 30 heavy (non-hydrogen) atoms. The van der Waals surface area contributed by atoms with Crippen LogP contribution in [0.2, 0.25) is 5.02 Å². The molecule has 0 saturated carbocycles. The normalized spacial score (nSPS) is 22.2. The molecule has 2 fully saturated rings. The highest BCUT2D eigenvalue weighted by Gasteiger charge is 2.34. The molecule has 4 amide bonds. The number of aliphatic hydroxyl groups is 1. The Balaban J connectivity index is 1.45. The number of benzene rings is 1. The molecule has 0 spiro atoms. The number of carbonyl (C=O) groups excluding carboxylic acids is 3. The molecule has 8 nitrogen and oxygen atoms in total. The number of rotatable bonds is 5. The average molecular weight is 437 g/mol. The van der Waals surface area contributed by atoms with Gasteiger partial charge in [-0.3, -0.25) is 9.59 Å². The number of urea groups is 1. The van der Waals surface area contributed by atoms with Crippen LogP contribution in [0.15, 0.2) is 24.3 Å². The zero-order valence-electron chi connectivity index (χ0n) is 17.2. The Labute approximate surface area is 181 Å². The maximum absolute atomic E-state index is 12.7.